The normalized spacial score (nSPS) is 18.8. The van der Waals surface area contributed by atoms with Crippen LogP contribution in [0, 0.1) is 5.92 Å². The van der Waals surface area contributed by atoms with E-state index in [9.17, 15) is 4.79 Å². The van der Waals surface area contributed by atoms with Crippen molar-refractivity contribution >= 4 is 18.0 Å². The molecular formula is C26H30N4O2. The molecule has 4 rings (SSSR count). The predicted molar refractivity (Wildman–Crippen MR) is 128 cm³/mol. The zero-order valence-corrected chi connectivity index (χ0v) is 19.1. The van der Waals surface area contributed by atoms with Crippen LogP contribution in [0.25, 0.3) is 28.7 Å². The fourth-order valence-electron chi connectivity index (χ4n) is 4.13. The lowest BCUT2D eigenvalue weighted by molar-refractivity contribution is -0.153. The maximum Gasteiger partial charge on any atom is 0.306 e. The summed E-state index contributed by atoms with van der Waals surface area (Å²) in [5.74, 6) is 2.14. The van der Waals surface area contributed by atoms with Crippen molar-refractivity contribution < 1.29 is 9.53 Å². The lowest BCUT2D eigenvalue weighted by Gasteiger charge is -2.24. The molecule has 6 nitrogen and oxygen atoms in total. The Morgan fingerprint density at radius 3 is 2.66 bits per heavy atom. The molecule has 0 saturated carbocycles. The number of carbonyl (C=O) groups is 1. The number of imidazole rings is 1. The van der Waals surface area contributed by atoms with E-state index >= 15 is 0 Å². The number of benzene rings is 1. The van der Waals surface area contributed by atoms with Crippen molar-refractivity contribution in [3.05, 3.63) is 60.6 Å². The third kappa shape index (κ3) is 4.59. The van der Waals surface area contributed by atoms with E-state index in [4.69, 9.17) is 9.72 Å². The molecule has 2 atom stereocenters. The van der Waals surface area contributed by atoms with Crippen LogP contribution < -0.4 is 5.32 Å². The van der Waals surface area contributed by atoms with E-state index < -0.39 is 0 Å². The first-order valence-electron chi connectivity index (χ1n) is 11.2. The van der Waals surface area contributed by atoms with Gasteiger partial charge in [0, 0.05) is 42.9 Å². The van der Waals surface area contributed by atoms with Crippen molar-refractivity contribution in [2.75, 3.05) is 12.4 Å². The maximum atomic E-state index is 11.9. The molecule has 6 heteroatoms. The fourth-order valence-corrected chi connectivity index (χ4v) is 4.13. The van der Waals surface area contributed by atoms with Crippen LogP contribution in [0.2, 0.25) is 0 Å². The average molecular weight is 431 g/mol. The van der Waals surface area contributed by atoms with Crippen LogP contribution in [-0.4, -0.2) is 33.7 Å². The van der Waals surface area contributed by atoms with Gasteiger partial charge in [0.05, 0.1) is 11.4 Å². The van der Waals surface area contributed by atoms with Gasteiger partial charge in [0.1, 0.15) is 17.7 Å². The second-order valence-electron chi connectivity index (χ2n) is 8.65. The molecule has 1 aliphatic heterocycles. The molecule has 0 spiro atoms. The maximum absolute atomic E-state index is 11.9. The van der Waals surface area contributed by atoms with Gasteiger partial charge >= 0.3 is 5.97 Å². The van der Waals surface area contributed by atoms with Gasteiger partial charge in [-0.2, -0.15) is 0 Å². The Morgan fingerprint density at radius 1 is 1.19 bits per heavy atom. The lowest BCUT2D eigenvalue weighted by Crippen LogP contribution is -2.26. The number of anilines is 1. The molecule has 1 fully saturated rings. The number of nitrogens with zero attached hydrogens (tertiary/aromatic N) is 3. The number of carbonyl (C=O) groups excluding carboxylic acids is 1. The molecular weight excluding hydrogens is 400 g/mol. The molecule has 0 unspecified atom stereocenters. The molecule has 0 bridgehead atoms. The van der Waals surface area contributed by atoms with Crippen molar-refractivity contribution in [2.45, 2.75) is 45.6 Å². The molecule has 1 saturated heterocycles. The molecule has 0 aliphatic carbocycles. The standard InChI is InChI=1S/C26H30N4O2/c1-17(2)26-29-24(20-10-12-28-22(16-20)27-4)25(19-8-6-5-7-9-19)30(26)13-11-21-14-18(3)15-23(31)32-21/h5-13,16-18,21H,14-15H2,1-4H3,(H,27,28)/b13-11+/t18-,21-/m1/s1. The lowest BCUT2D eigenvalue weighted by atomic mass is 9.97. The summed E-state index contributed by atoms with van der Waals surface area (Å²) in [7, 11) is 1.86. The molecule has 1 aliphatic rings. The van der Waals surface area contributed by atoms with Gasteiger partial charge in [0.15, 0.2) is 0 Å². The summed E-state index contributed by atoms with van der Waals surface area (Å²) < 4.78 is 7.71. The van der Waals surface area contributed by atoms with Gasteiger partial charge in [-0.1, -0.05) is 51.1 Å². The Kier molecular flexibility index (Phi) is 6.40. The van der Waals surface area contributed by atoms with Crippen molar-refractivity contribution in [1.29, 1.82) is 0 Å². The van der Waals surface area contributed by atoms with Gasteiger partial charge in [-0.3, -0.25) is 4.79 Å². The Balaban J connectivity index is 1.86. The summed E-state index contributed by atoms with van der Waals surface area (Å²) in [6, 6.07) is 14.3. The van der Waals surface area contributed by atoms with E-state index in [0.717, 1.165) is 40.6 Å². The first kappa shape index (κ1) is 21.8. The minimum Gasteiger partial charge on any atom is -0.458 e. The summed E-state index contributed by atoms with van der Waals surface area (Å²) in [5, 5.41) is 3.11. The highest BCUT2D eigenvalue weighted by Gasteiger charge is 2.25. The zero-order chi connectivity index (χ0) is 22.7. The second kappa shape index (κ2) is 9.39. The first-order chi connectivity index (χ1) is 15.5. The van der Waals surface area contributed by atoms with Gasteiger partial charge in [0.2, 0.25) is 0 Å². The summed E-state index contributed by atoms with van der Waals surface area (Å²) >= 11 is 0. The summed E-state index contributed by atoms with van der Waals surface area (Å²) in [4.78, 5) is 21.3. The minimum absolute atomic E-state index is 0.131. The first-order valence-corrected chi connectivity index (χ1v) is 11.2. The van der Waals surface area contributed by atoms with Crippen LogP contribution in [0.3, 0.4) is 0 Å². The SMILES string of the molecule is CNc1cc(-c2nc(C(C)C)n(/C=C/[C@@H]3C[C@@H](C)CC(=O)O3)c2-c2ccccc2)ccn1. The number of nitrogens with one attached hydrogen (secondary N) is 1. The topological polar surface area (TPSA) is 69.0 Å². The van der Waals surface area contributed by atoms with Gasteiger partial charge < -0.3 is 14.6 Å². The van der Waals surface area contributed by atoms with E-state index in [0.29, 0.717) is 12.3 Å². The van der Waals surface area contributed by atoms with Crippen LogP contribution in [0.15, 0.2) is 54.7 Å². The molecule has 3 heterocycles. The minimum atomic E-state index is -0.224. The van der Waals surface area contributed by atoms with Crippen molar-refractivity contribution in [1.82, 2.24) is 14.5 Å². The van der Waals surface area contributed by atoms with E-state index in [-0.39, 0.29) is 18.0 Å². The van der Waals surface area contributed by atoms with Crippen LogP contribution in [0.4, 0.5) is 5.82 Å². The highest BCUT2D eigenvalue weighted by Crippen LogP contribution is 2.36. The van der Waals surface area contributed by atoms with Gasteiger partial charge in [-0.05, 0) is 30.5 Å². The third-order valence-electron chi connectivity index (χ3n) is 5.67. The quantitative estimate of drug-likeness (QED) is 0.516. The van der Waals surface area contributed by atoms with E-state index in [1.807, 2.05) is 49.7 Å². The van der Waals surface area contributed by atoms with Crippen LogP contribution in [0.5, 0.6) is 0 Å². The highest BCUT2D eigenvalue weighted by atomic mass is 16.5. The largest absolute Gasteiger partial charge is 0.458 e. The summed E-state index contributed by atoms with van der Waals surface area (Å²) in [5.41, 5.74) is 3.98. The van der Waals surface area contributed by atoms with E-state index in [1.165, 1.54) is 0 Å². The number of ether oxygens (including phenoxy) is 1. The number of pyridine rings is 1. The molecule has 3 aromatic rings. The summed E-state index contributed by atoms with van der Waals surface area (Å²) in [6.45, 7) is 6.37. The Hall–Kier alpha value is -3.41. The van der Waals surface area contributed by atoms with Gasteiger partial charge in [-0.25, -0.2) is 9.97 Å². The molecule has 2 aromatic heterocycles. The van der Waals surface area contributed by atoms with Gasteiger partial charge in [-0.15, -0.1) is 0 Å². The summed E-state index contributed by atoms with van der Waals surface area (Å²) in [6.07, 6.45) is 6.90. The molecule has 0 radical (unpaired) electrons. The van der Waals surface area contributed by atoms with Gasteiger partial charge in [0.25, 0.3) is 0 Å². The number of hydrogen-bond donors (Lipinski definition) is 1. The van der Waals surface area contributed by atoms with Crippen molar-refractivity contribution in [3.63, 3.8) is 0 Å². The van der Waals surface area contributed by atoms with Crippen LogP contribution in [0.1, 0.15) is 45.4 Å². The predicted octanol–water partition coefficient (Wildman–Crippen LogP) is 5.59. The fraction of sp³-hybridized carbons (Fsp3) is 0.346. The van der Waals surface area contributed by atoms with Crippen LogP contribution in [-0.2, 0) is 9.53 Å². The number of cyclic esters (lactones) is 1. The Morgan fingerprint density at radius 2 is 1.97 bits per heavy atom. The smallest absolute Gasteiger partial charge is 0.306 e. The highest BCUT2D eigenvalue weighted by molar-refractivity contribution is 5.81. The third-order valence-corrected chi connectivity index (χ3v) is 5.67. The molecule has 1 aromatic carbocycles. The number of aromatic nitrogens is 3. The van der Waals surface area contributed by atoms with Crippen molar-refractivity contribution in [2.24, 2.45) is 5.92 Å². The van der Waals surface area contributed by atoms with Crippen molar-refractivity contribution in [3.8, 4) is 22.5 Å². The molecule has 166 valence electrons. The zero-order valence-electron chi connectivity index (χ0n) is 19.1. The van der Waals surface area contributed by atoms with E-state index in [1.54, 1.807) is 6.20 Å². The van der Waals surface area contributed by atoms with Crippen LogP contribution >= 0.6 is 0 Å². The molecule has 0 amide bonds. The number of rotatable bonds is 6. The molecule has 32 heavy (non-hydrogen) atoms. The van der Waals surface area contributed by atoms with E-state index in [2.05, 4.69) is 47.8 Å². The number of esters is 1. The monoisotopic (exact) mass is 430 g/mol. The average Bonchev–Trinajstić information content (AvgIpc) is 3.17. The Labute approximate surface area is 189 Å². The molecule has 1 N–H and O–H groups in total. The Bertz CT molecular complexity index is 1120. The number of hydrogen-bond acceptors (Lipinski definition) is 5. The second-order valence-corrected chi connectivity index (χ2v) is 8.65.